The van der Waals surface area contributed by atoms with Gasteiger partial charge in [0, 0.05) is 12.2 Å². The van der Waals surface area contributed by atoms with E-state index in [0.29, 0.717) is 6.61 Å². The monoisotopic (exact) mass is 234 g/mol. The molecule has 0 aliphatic rings. The molecule has 0 radical (unpaired) electrons. The number of Topliss-reactive ketones (excluding diaryl/α,β-unsaturated/α-hetero) is 1. The molecule has 2 heteroatoms. The molecule has 2 nitrogen and oxygen atoms in total. The Labute approximate surface area is 104 Å². The standard InChI is InChI=1S/C15H22O2/c1-4-5-6-9-17-11-15(16)14-10-12(2)7-8-13(14)3/h7-8,10H,4-6,9,11H2,1-3H3. The molecule has 0 fully saturated rings. The molecule has 0 bridgehead atoms. The van der Waals surface area contributed by atoms with E-state index in [-0.39, 0.29) is 12.4 Å². The Hall–Kier alpha value is -1.15. The maximum Gasteiger partial charge on any atom is 0.188 e. The number of carbonyl (C=O) groups is 1. The Bertz CT molecular complexity index is 369. The molecule has 0 N–H and O–H groups in total. The molecule has 0 amide bonds. The largest absolute Gasteiger partial charge is 0.373 e. The summed E-state index contributed by atoms with van der Waals surface area (Å²) < 4.78 is 5.40. The van der Waals surface area contributed by atoms with Gasteiger partial charge >= 0.3 is 0 Å². The minimum absolute atomic E-state index is 0.0858. The third-order valence-electron chi connectivity index (χ3n) is 2.82. The summed E-state index contributed by atoms with van der Waals surface area (Å²) >= 11 is 0. The van der Waals surface area contributed by atoms with Crippen LogP contribution in [0.25, 0.3) is 0 Å². The number of carbonyl (C=O) groups excluding carboxylic acids is 1. The predicted molar refractivity (Wildman–Crippen MR) is 70.6 cm³/mol. The van der Waals surface area contributed by atoms with E-state index in [2.05, 4.69) is 6.92 Å². The Kier molecular flexibility index (Phi) is 5.92. The van der Waals surface area contributed by atoms with Gasteiger partial charge in [-0.15, -0.1) is 0 Å². The Balaban J connectivity index is 2.44. The summed E-state index contributed by atoms with van der Waals surface area (Å²) in [6, 6.07) is 5.95. The molecule has 0 spiro atoms. The fourth-order valence-electron chi connectivity index (χ4n) is 1.73. The molecule has 0 atom stereocenters. The molecule has 94 valence electrons. The lowest BCUT2D eigenvalue weighted by atomic mass is 10.0. The van der Waals surface area contributed by atoms with Crippen LogP contribution in [0.1, 0.15) is 47.7 Å². The van der Waals surface area contributed by atoms with E-state index in [0.717, 1.165) is 29.5 Å². The molecule has 0 aliphatic heterocycles. The topological polar surface area (TPSA) is 26.3 Å². The fraction of sp³-hybridized carbons (Fsp3) is 0.533. The summed E-state index contributed by atoms with van der Waals surface area (Å²) in [7, 11) is 0. The quantitative estimate of drug-likeness (QED) is 0.531. The number of aryl methyl sites for hydroxylation is 2. The van der Waals surface area contributed by atoms with E-state index in [1.807, 2.05) is 32.0 Å². The highest BCUT2D eigenvalue weighted by Gasteiger charge is 2.09. The van der Waals surface area contributed by atoms with E-state index >= 15 is 0 Å². The summed E-state index contributed by atoms with van der Waals surface area (Å²) in [5.41, 5.74) is 2.93. The number of unbranched alkanes of at least 4 members (excludes halogenated alkanes) is 2. The zero-order chi connectivity index (χ0) is 12.7. The van der Waals surface area contributed by atoms with E-state index in [4.69, 9.17) is 4.74 Å². The summed E-state index contributed by atoms with van der Waals surface area (Å²) in [6.07, 6.45) is 3.38. The highest BCUT2D eigenvalue weighted by Crippen LogP contribution is 2.11. The third kappa shape index (κ3) is 4.70. The third-order valence-corrected chi connectivity index (χ3v) is 2.82. The minimum atomic E-state index is 0.0858. The van der Waals surface area contributed by atoms with Gasteiger partial charge in [0.05, 0.1) is 0 Å². The minimum Gasteiger partial charge on any atom is -0.373 e. The second kappa shape index (κ2) is 7.23. The molecule has 0 aliphatic carbocycles. The normalized spacial score (nSPS) is 10.5. The molecule has 17 heavy (non-hydrogen) atoms. The van der Waals surface area contributed by atoms with Crippen molar-refractivity contribution in [3.05, 3.63) is 34.9 Å². The van der Waals surface area contributed by atoms with Crippen LogP contribution >= 0.6 is 0 Å². The number of hydrogen-bond donors (Lipinski definition) is 0. The van der Waals surface area contributed by atoms with Gasteiger partial charge in [-0.2, -0.15) is 0 Å². The predicted octanol–water partition coefficient (Wildman–Crippen LogP) is 3.69. The maximum atomic E-state index is 11.9. The first-order valence-electron chi connectivity index (χ1n) is 6.33. The van der Waals surface area contributed by atoms with Crippen LogP contribution < -0.4 is 0 Å². The molecule has 0 saturated carbocycles. The maximum absolute atomic E-state index is 11.9. The molecular weight excluding hydrogens is 212 g/mol. The van der Waals surface area contributed by atoms with Crippen molar-refractivity contribution in [2.24, 2.45) is 0 Å². The lowest BCUT2D eigenvalue weighted by Gasteiger charge is -2.07. The molecule has 0 saturated heterocycles. The first-order valence-corrected chi connectivity index (χ1v) is 6.33. The van der Waals surface area contributed by atoms with Crippen LogP contribution in [-0.4, -0.2) is 19.0 Å². The zero-order valence-corrected chi connectivity index (χ0v) is 11.1. The van der Waals surface area contributed by atoms with Crippen molar-refractivity contribution in [3.8, 4) is 0 Å². The fourth-order valence-corrected chi connectivity index (χ4v) is 1.73. The second-order valence-corrected chi connectivity index (χ2v) is 4.50. The molecule has 1 aromatic carbocycles. The van der Waals surface area contributed by atoms with Gasteiger partial charge in [-0.05, 0) is 31.9 Å². The average Bonchev–Trinajstić information content (AvgIpc) is 2.32. The highest BCUT2D eigenvalue weighted by atomic mass is 16.5. The van der Waals surface area contributed by atoms with Crippen LogP contribution in [0.15, 0.2) is 18.2 Å². The van der Waals surface area contributed by atoms with Crippen LogP contribution in [0, 0.1) is 13.8 Å². The van der Waals surface area contributed by atoms with Gasteiger partial charge in [0.1, 0.15) is 6.61 Å². The lowest BCUT2D eigenvalue weighted by Crippen LogP contribution is -2.11. The van der Waals surface area contributed by atoms with Gasteiger partial charge in [-0.1, -0.05) is 37.5 Å². The molecule has 1 rings (SSSR count). The van der Waals surface area contributed by atoms with Crippen molar-refractivity contribution in [1.29, 1.82) is 0 Å². The number of hydrogen-bond acceptors (Lipinski definition) is 2. The van der Waals surface area contributed by atoms with Gasteiger partial charge in [0.15, 0.2) is 5.78 Å². The van der Waals surface area contributed by atoms with Crippen molar-refractivity contribution in [3.63, 3.8) is 0 Å². The average molecular weight is 234 g/mol. The SMILES string of the molecule is CCCCCOCC(=O)c1cc(C)ccc1C. The van der Waals surface area contributed by atoms with Crippen molar-refractivity contribution in [1.82, 2.24) is 0 Å². The van der Waals surface area contributed by atoms with Crippen LogP contribution in [0.4, 0.5) is 0 Å². The molecule has 0 heterocycles. The van der Waals surface area contributed by atoms with Crippen LogP contribution in [-0.2, 0) is 4.74 Å². The van der Waals surface area contributed by atoms with E-state index in [1.165, 1.54) is 6.42 Å². The van der Waals surface area contributed by atoms with Crippen LogP contribution in [0.3, 0.4) is 0 Å². The summed E-state index contributed by atoms with van der Waals surface area (Å²) in [5.74, 6) is 0.0858. The Morgan fingerprint density at radius 2 is 2.00 bits per heavy atom. The Morgan fingerprint density at radius 3 is 2.71 bits per heavy atom. The summed E-state index contributed by atoms with van der Waals surface area (Å²) in [5, 5.41) is 0. The van der Waals surface area contributed by atoms with Crippen molar-refractivity contribution < 1.29 is 9.53 Å². The molecular formula is C15H22O2. The lowest BCUT2D eigenvalue weighted by molar-refractivity contribution is 0.0752. The number of ketones is 1. The first-order chi connectivity index (χ1) is 8.15. The summed E-state index contributed by atoms with van der Waals surface area (Å²) in [4.78, 5) is 11.9. The molecule has 1 aromatic rings. The Morgan fingerprint density at radius 1 is 1.24 bits per heavy atom. The highest BCUT2D eigenvalue weighted by molar-refractivity contribution is 5.98. The number of rotatable bonds is 7. The van der Waals surface area contributed by atoms with Crippen LogP contribution in [0.2, 0.25) is 0 Å². The van der Waals surface area contributed by atoms with Gasteiger partial charge in [0.2, 0.25) is 0 Å². The van der Waals surface area contributed by atoms with E-state index in [1.54, 1.807) is 0 Å². The molecule has 0 aromatic heterocycles. The van der Waals surface area contributed by atoms with Crippen LogP contribution in [0.5, 0.6) is 0 Å². The van der Waals surface area contributed by atoms with Crippen molar-refractivity contribution in [2.45, 2.75) is 40.0 Å². The zero-order valence-electron chi connectivity index (χ0n) is 11.1. The van der Waals surface area contributed by atoms with Gasteiger partial charge in [0.25, 0.3) is 0 Å². The van der Waals surface area contributed by atoms with Gasteiger partial charge < -0.3 is 4.74 Å². The first kappa shape index (κ1) is 13.9. The second-order valence-electron chi connectivity index (χ2n) is 4.50. The number of ether oxygens (including phenoxy) is 1. The van der Waals surface area contributed by atoms with Crippen molar-refractivity contribution in [2.75, 3.05) is 13.2 Å². The van der Waals surface area contributed by atoms with E-state index in [9.17, 15) is 4.79 Å². The van der Waals surface area contributed by atoms with E-state index < -0.39 is 0 Å². The van der Waals surface area contributed by atoms with Gasteiger partial charge in [-0.25, -0.2) is 0 Å². The summed E-state index contributed by atoms with van der Waals surface area (Å²) in [6.45, 7) is 7.00. The molecule has 0 unspecified atom stereocenters. The smallest absolute Gasteiger partial charge is 0.188 e. The van der Waals surface area contributed by atoms with Gasteiger partial charge in [-0.3, -0.25) is 4.79 Å². The number of benzene rings is 1. The van der Waals surface area contributed by atoms with Crippen molar-refractivity contribution >= 4 is 5.78 Å².